The Morgan fingerprint density at radius 2 is 0.947 bits per heavy atom. The average molecular weight is 556 g/mol. The fraction of sp³-hybridized carbons (Fsp3) is 0.0345. The van der Waals surface area contributed by atoms with Crippen molar-refractivity contribution in [1.29, 1.82) is 0 Å². The van der Waals surface area contributed by atoms with Gasteiger partial charge in [-0.25, -0.2) is 0 Å². The van der Waals surface area contributed by atoms with Gasteiger partial charge in [0.05, 0.1) is 18.2 Å². The van der Waals surface area contributed by atoms with Gasteiger partial charge in [-0.05, 0) is 48.5 Å². The number of hydrogen-bond donors (Lipinski definition) is 1. The third-order valence-corrected chi connectivity index (χ3v) is 5.36. The number of rotatable bonds is 5. The first-order chi connectivity index (χ1) is 18.2. The molecule has 8 nitrogen and oxygen atoms in total. The van der Waals surface area contributed by atoms with E-state index in [0.29, 0.717) is 34.9 Å². The number of phenolic OH excluding ortho intramolecular Hbond substituents is 1. The van der Waals surface area contributed by atoms with Gasteiger partial charge in [0, 0.05) is 30.6 Å². The van der Waals surface area contributed by atoms with Crippen LogP contribution in [-0.2, 0) is 19.5 Å². The third kappa shape index (κ3) is 6.02. The Labute approximate surface area is 231 Å². The molecule has 0 fully saturated rings. The summed E-state index contributed by atoms with van der Waals surface area (Å²) in [4.78, 5) is 0. The molecule has 0 radical (unpaired) electrons. The van der Waals surface area contributed by atoms with E-state index >= 15 is 0 Å². The molecule has 9 heteroatoms. The molecule has 6 rings (SSSR count). The van der Waals surface area contributed by atoms with E-state index in [1.807, 2.05) is 84.9 Å². The number of aromatic hydroxyl groups is 1. The number of phenols is 1. The molecule has 6 aromatic rings. The van der Waals surface area contributed by atoms with Crippen LogP contribution in [0.25, 0.3) is 45.8 Å². The smallest absolute Gasteiger partial charge is 0.251 e. The summed E-state index contributed by atoms with van der Waals surface area (Å²) in [7, 11) is 1.62. The number of methoxy groups -OCH3 is 1. The summed E-state index contributed by atoms with van der Waals surface area (Å²) >= 11 is 0. The normalized spacial score (nSPS) is 10.1. The van der Waals surface area contributed by atoms with Gasteiger partial charge in [0.1, 0.15) is 11.5 Å². The molecule has 0 spiro atoms. The zero-order valence-corrected chi connectivity index (χ0v) is 23.5. The van der Waals surface area contributed by atoms with Crippen molar-refractivity contribution in [1.82, 2.24) is 20.4 Å². The van der Waals surface area contributed by atoms with E-state index in [1.54, 1.807) is 31.4 Å². The molecule has 2 heterocycles. The van der Waals surface area contributed by atoms with Crippen LogP contribution in [0.4, 0.5) is 0 Å². The predicted octanol–water partition coefficient (Wildman–Crippen LogP) is 6.52. The summed E-state index contributed by atoms with van der Waals surface area (Å²) in [6.07, 6.45) is 0. The summed E-state index contributed by atoms with van der Waals surface area (Å²) in [6.45, 7) is 0. The average Bonchev–Trinajstić information content (AvgIpc) is 3.66. The minimum atomic E-state index is 0. The SMILES string of the molecule is COc1ccccc1-c1nnc(-c2ccccc2)o1.Oc1ccccc1-c1nnc(-c2ccccc2)o1.[Zn]. The Hall–Kier alpha value is -4.62. The number of benzene rings is 4. The second-order valence-corrected chi connectivity index (χ2v) is 7.77. The maximum Gasteiger partial charge on any atom is 0.251 e. The molecule has 0 saturated carbocycles. The summed E-state index contributed by atoms with van der Waals surface area (Å²) in [5.41, 5.74) is 3.08. The van der Waals surface area contributed by atoms with E-state index in [2.05, 4.69) is 20.4 Å². The van der Waals surface area contributed by atoms with Gasteiger partial charge in [0.15, 0.2) is 0 Å². The number of ether oxygens (including phenoxy) is 1. The monoisotopic (exact) mass is 554 g/mol. The van der Waals surface area contributed by atoms with Gasteiger partial charge in [-0.2, -0.15) is 0 Å². The minimum Gasteiger partial charge on any atom is -0.507 e. The molecule has 0 aliphatic carbocycles. The summed E-state index contributed by atoms with van der Waals surface area (Å²) in [5.74, 6) is 2.55. The second-order valence-electron chi connectivity index (χ2n) is 7.77. The van der Waals surface area contributed by atoms with Crippen molar-refractivity contribution in [3.63, 3.8) is 0 Å². The van der Waals surface area contributed by atoms with Crippen molar-refractivity contribution in [2.45, 2.75) is 0 Å². The van der Waals surface area contributed by atoms with Crippen molar-refractivity contribution in [2.75, 3.05) is 7.11 Å². The number of aromatic nitrogens is 4. The van der Waals surface area contributed by atoms with E-state index in [4.69, 9.17) is 13.6 Å². The predicted molar refractivity (Wildman–Crippen MR) is 139 cm³/mol. The molecule has 0 bridgehead atoms. The standard InChI is InChI=1S/C15H12N2O2.C14H10N2O2.Zn/c1-18-13-10-6-5-9-12(13)15-17-16-14(19-15)11-7-3-2-4-8-11;17-12-9-5-4-8-11(12)14-16-15-13(18-14)10-6-2-1-3-7-10;/h2-10H,1H3;1-9,17H;. The first-order valence-corrected chi connectivity index (χ1v) is 11.4. The van der Waals surface area contributed by atoms with Crippen LogP contribution in [0.1, 0.15) is 0 Å². The van der Waals surface area contributed by atoms with E-state index in [9.17, 15) is 5.11 Å². The molecule has 0 unspecified atom stereocenters. The maximum absolute atomic E-state index is 9.72. The molecule has 184 valence electrons. The summed E-state index contributed by atoms with van der Waals surface area (Å²) < 4.78 is 16.5. The van der Waals surface area contributed by atoms with Crippen LogP contribution in [0.5, 0.6) is 11.5 Å². The van der Waals surface area contributed by atoms with Gasteiger partial charge < -0.3 is 18.7 Å². The largest absolute Gasteiger partial charge is 0.507 e. The van der Waals surface area contributed by atoms with Crippen molar-refractivity contribution in [2.24, 2.45) is 0 Å². The zero-order chi connectivity index (χ0) is 25.5. The number of para-hydroxylation sites is 2. The molecule has 0 aliphatic rings. The second kappa shape index (κ2) is 12.6. The first kappa shape index (κ1) is 26.4. The van der Waals surface area contributed by atoms with E-state index in [-0.39, 0.29) is 25.2 Å². The Balaban J connectivity index is 0.000000173. The topological polar surface area (TPSA) is 107 Å². The summed E-state index contributed by atoms with van der Waals surface area (Å²) in [6, 6.07) is 33.6. The van der Waals surface area contributed by atoms with Crippen LogP contribution in [0.2, 0.25) is 0 Å². The molecular weight excluding hydrogens is 534 g/mol. The van der Waals surface area contributed by atoms with Crippen molar-refractivity contribution >= 4 is 0 Å². The molecule has 4 aromatic carbocycles. The molecule has 1 N–H and O–H groups in total. The molecule has 38 heavy (non-hydrogen) atoms. The maximum atomic E-state index is 9.72. The van der Waals surface area contributed by atoms with Gasteiger partial charge in [0.2, 0.25) is 11.8 Å². The molecule has 0 atom stereocenters. The summed E-state index contributed by atoms with van der Waals surface area (Å²) in [5, 5.41) is 25.8. The van der Waals surface area contributed by atoms with Crippen LogP contribution in [0, 0.1) is 0 Å². The molecule has 0 saturated heterocycles. The number of nitrogens with zero attached hydrogens (tertiary/aromatic N) is 4. The fourth-order valence-electron chi connectivity index (χ4n) is 3.53. The van der Waals surface area contributed by atoms with Crippen molar-refractivity contribution in [3.05, 3.63) is 109 Å². The van der Waals surface area contributed by atoms with Crippen LogP contribution in [-0.4, -0.2) is 32.6 Å². The van der Waals surface area contributed by atoms with Crippen LogP contribution in [0.3, 0.4) is 0 Å². The third-order valence-electron chi connectivity index (χ3n) is 5.36. The van der Waals surface area contributed by atoms with Gasteiger partial charge in [-0.1, -0.05) is 60.7 Å². The van der Waals surface area contributed by atoms with Gasteiger partial charge in [-0.15, -0.1) is 20.4 Å². The van der Waals surface area contributed by atoms with Crippen LogP contribution >= 0.6 is 0 Å². The Morgan fingerprint density at radius 1 is 0.526 bits per heavy atom. The zero-order valence-electron chi connectivity index (χ0n) is 20.6. The molecule has 2 aromatic heterocycles. The first-order valence-electron chi connectivity index (χ1n) is 11.4. The van der Waals surface area contributed by atoms with E-state index in [1.165, 1.54) is 0 Å². The van der Waals surface area contributed by atoms with Gasteiger partial charge >= 0.3 is 0 Å². The van der Waals surface area contributed by atoms with Gasteiger partial charge in [-0.3, -0.25) is 0 Å². The van der Waals surface area contributed by atoms with Crippen molar-refractivity contribution in [3.8, 4) is 57.3 Å². The van der Waals surface area contributed by atoms with E-state index < -0.39 is 0 Å². The van der Waals surface area contributed by atoms with Crippen LogP contribution < -0.4 is 4.74 Å². The quantitative estimate of drug-likeness (QED) is 0.240. The molecule has 0 amide bonds. The molecule has 0 aliphatic heterocycles. The van der Waals surface area contributed by atoms with E-state index in [0.717, 1.165) is 16.7 Å². The Morgan fingerprint density at radius 3 is 1.47 bits per heavy atom. The van der Waals surface area contributed by atoms with Gasteiger partial charge in [0.25, 0.3) is 11.8 Å². The Kier molecular flexibility index (Phi) is 8.74. The molecular formula is C29H22N4O4Zn. The minimum absolute atomic E-state index is 0. The number of hydrogen-bond acceptors (Lipinski definition) is 8. The fourth-order valence-corrected chi connectivity index (χ4v) is 3.53. The Bertz CT molecular complexity index is 1590. The van der Waals surface area contributed by atoms with Crippen LogP contribution in [0.15, 0.2) is 118 Å². The van der Waals surface area contributed by atoms with Crippen molar-refractivity contribution < 1.29 is 38.2 Å².